The Kier molecular flexibility index (Phi) is 4.48. The van der Waals surface area contributed by atoms with Crippen LogP contribution in [-0.4, -0.2) is 38.6 Å². The van der Waals surface area contributed by atoms with Crippen LogP contribution < -0.4 is 4.74 Å². The molecular weight excluding hydrogens is 307 g/mol. The van der Waals surface area contributed by atoms with Crippen molar-refractivity contribution in [2.24, 2.45) is 0 Å². The maximum absolute atomic E-state index is 13.0. The summed E-state index contributed by atoms with van der Waals surface area (Å²) in [6, 6.07) is 3.41. The van der Waals surface area contributed by atoms with E-state index in [0.29, 0.717) is 22.9 Å². The molecular formula is C13H16F3NO3S. The summed E-state index contributed by atoms with van der Waals surface area (Å²) in [4.78, 5) is -0.153. The molecule has 1 saturated heterocycles. The summed E-state index contributed by atoms with van der Waals surface area (Å²) in [6.45, 7) is -0.113. The van der Waals surface area contributed by atoms with Crippen molar-refractivity contribution in [1.82, 2.24) is 4.31 Å². The van der Waals surface area contributed by atoms with Gasteiger partial charge in [0, 0.05) is 6.54 Å². The number of nitrogens with zero attached hydrogens (tertiary/aromatic N) is 1. The zero-order valence-electron chi connectivity index (χ0n) is 11.4. The third-order valence-electron chi connectivity index (χ3n) is 3.50. The highest BCUT2D eigenvalue weighted by atomic mass is 32.2. The van der Waals surface area contributed by atoms with Crippen LogP contribution in [0.5, 0.6) is 5.75 Å². The van der Waals surface area contributed by atoms with Gasteiger partial charge in [-0.05, 0) is 37.1 Å². The first kappa shape index (κ1) is 16.1. The van der Waals surface area contributed by atoms with Gasteiger partial charge in [0.05, 0.1) is 12.0 Å². The van der Waals surface area contributed by atoms with Crippen LogP contribution in [-0.2, 0) is 10.0 Å². The van der Waals surface area contributed by atoms with Gasteiger partial charge in [-0.2, -0.15) is 17.5 Å². The van der Waals surface area contributed by atoms with Gasteiger partial charge in [-0.15, -0.1) is 0 Å². The molecule has 1 aliphatic rings. The predicted molar refractivity (Wildman–Crippen MR) is 70.6 cm³/mol. The average molecular weight is 323 g/mol. The van der Waals surface area contributed by atoms with Crippen LogP contribution in [0.25, 0.3) is 0 Å². The highest BCUT2D eigenvalue weighted by Crippen LogP contribution is 2.35. The molecule has 0 N–H and O–H groups in total. The van der Waals surface area contributed by atoms with Crippen LogP contribution in [0.1, 0.15) is 19.3 Å². The van der Waals surface area contributed by atoms with E-state index in [1.54, 1.807) is 0 Å². The fourth-order valence-corrected chi connectivity index (χ4v) is 4.08. The van der Waals surface area contributed by atoms with E-state index < -0.39 is 22.2 Å². The largest absolute Gasteiger partial charge is 0.497 e. The normalized spacial score (nSPS) is 21.2. The van der Waals surface area contributed by atoms with Gasteiger partial charge in [0.1, 0.15) is 11.8 Å². The number of rotatable bonds is 3. The average Bonchev–Trinajstić information content (AvgIpc) is 2.46. The molecule has 1 heterocycles. The lowest BCUT2D eigenvalue weighted by atomic mass is 10.1. The van der Waals surface area contributed by atoms with E-state index in [0.717, 1.165) is 0 Å². The van der Waals surface area contributed by atoms with Crippen LogP contribution in [0.4, 0.5) is 13.2 Å². The lowest BCUT2D eigenvalue weighted by molar-refractivity contribution is -0.177. The van der Waals surface area contributed by atoms with E-state index >= 15 is 0 Å². The molecule has 8 heteroatoms. The molecule has 21 heavy (non-hydrogen) atoms. The Morgan fingerprint density at radius 2 is 1.81 bits per heavy atom. The molecule has 0 saturated carbocycles. The lowest BCUT2D eigenvalue weighted by Gasteiger charge is -2.35. The first-order valence-electron chi connectivity index (χ1n) is 6.49. The molecule has 0 bridgehead atoms. The summed E-state index contributed by atoms with van der Waals surface area (Å²) in [5.74, 6) is 0.444. The number of ether oxygens (including phenoxy) is 1. The second-order valence-electron chi connectivity index (χ2n) is 4.84. The van der Waals surface area contributed by atoms with Crippen molar-refractivity contribution in [3.8, 4) is 5.75 Å². The third kappa shape index (κ3) is 3.32. The van der Waals surface area contributed by atoms with E-state index in [1.807, 2.05) is 0 Å². The smallest absolute Gasteiger partial charge is 0.405 e. The van der Waals surface area contributed by atoms with Crippen molar-refractivity contribution in [3.63, 3.8) is 0 Å². The van der Waals surface area contributed by atoms with Gasteiger partial charge in [0.2, 0.25) is 10.0 Å². The highest BCUT2D eigenvalue weighted by molar-refractivity contribution is 7.89. The minimum Gasteiger partial charge on any atom is -0.497 e. The third-order valence-corrected chi connectivity index (χ3v) is 5.42. The minimum absolute atomic E-state index is 0.113. The van der Waals surface area contributed by atoms with Crippen molar-refractivity contribution in [1.29, 1.82) is 0 Å². The summed E-state index contributed by atoms with van der Waals surface area (Å²) >= 11 is 0. The van der Waals surface area contributed by atoms with E-state index in [4.69, 9.17) is 4.74 Å². The molecule has 1 atom stereocenters. The molecule has 0 spiro atoms. The number of piperidine rings is 1. The predicted octanol–water partition coefficient (Wildman–Crippen LogP) is 2.80. The van der Waals surface area contributed by atoms with Crippen LogP contribution in [0.15, 0.2) is 29.2 Å². The number of alkyl halides is 3. The molecule has 0 aromatic heterocycles. The molecule has 2 rings (SSSR count). The van der Waals surface area contributed by atoms with Crippen molar-refractivity contribution >= 4 is 10.0 Å². The van der Waals surface area contributed by atoms with Gasteiger partial charge < -0.3 is 4.74 Å². The van der Waals surface area contributed by atoms with Crippen LogP contribution in [0, 0.1) is 0 Å². The zero-order chi connectivity index (χ0) is 15.7. The standard InChI is InChI=1S/C13H16F3NO3S/c1-20-10-5-7-11(8-6-10)21(18,19)17-9-3-2-4-12(17)13(14,15)16/h5-8,12H,2-4,9H2,1H3. The summed E-state index contributed by atoms with van der Waals surface area (Å²) in [5, 5.41) is 0. The van der Waals surface area contributed by atoms with Gasteiger partial charge in [-0.3, -0.25) is 0 Å². The molecule has 1 unspecified atom stereocenters. The molecule has 0 amide bonds. The summed E-state index contributed by atoms with van der Waals surface area (Å²) < 4.78 is 69.4. The highest BCUT2D eigenvalue weighted by Gasteiger charge is 2.48. The van der Waals surface area contributed by atoms with Crippen molar-refractivity contribution in [2.75, 3.05) is 13.7 Å². The zero-order valence-corrected chi connectivity index (χ0v) is 12.2. The van der Waals surface area contributed by atoms with E-state index in [-0.39, 0.29) is 17.9 Å². The summed E-state index contributed by atoms with van der Waals surface area (Å²) in [7, 11) is -2.74. The number of hydrogen-bond donors (Lipinski definition) is 0. The van der Waals surface area contributed by atoms with Gasteiger partial charge >= 0.3 is 6.18 Å². The Morgan fingerprint density at radius 1 is 1.19 bits per heavy atom. The van der Waals surface area contributed by atoms with Crippen LogP contribution in [0.2, 0.25) is 0 Å². The maximum Gasteiger partial charge on any atom is 0.405 e. The fourth-order valence-electron chi connectivity index (χ4n) is 2.40. The van der Waals surface area contributed by atoms with E-state index in [9.17, 15) is 21.6 Å². The number of halogens is 3. The van der Waals surface area contributed by atoms with Gasteiger partial charge in [-0.1, -0.05) is 6.42 Å². The van der Waals surface area contributed by atoms with Gasteiger partial charge in [-0.25, -0.2) is 8.42 Å². The van der Waals surface area contributed by atoms with Crippen molar-refractivity contribution in [2.45, 2.75) is 36.4 Å². The molecule has 118 valence electrons. The number of sulfonamides is 1. The van der Waals surface area contributed by atoms with Crippen LogP contribution in [0.3, 0.4) is 0 Å². The monoisotopic (exact) mass is 323 g/mol. The van der Waals surface area contributed by atoms with Crippen LogP contribution >= 0.6 is 0 Å². The second-order valence-corrected chi connectivity index (χ2v) is 6.74. The lowest BCUT2D eigenvalue weighted by Crippen LogP contribution is -2.51. The van der Waals surface area contributed by atoms with Crippen molar-refractivity contribution < 1.29 is 26.3 Å². The summed E-state index contributed by atoms with van der Waals surface area (Å²) in [6.07, 6.45) is -3.94. The summed E-state index contributed by atoms with van der Waals surface area (Å²) in [5.41, 5.74) is 0. The Bertz CT molecular complexity index is 584. The van der Waals surface area contributed by atoms with Crippen molar-refractivity contribution in [3.05, 3.63) is 24.3 Å². The molecule has 1 aromatic carbocycles. The fraction of sp³-hybridized carbons (Fsp3) is 0.538. The first-order valence-corrected chi connectivity index (χ1v) is 7.93. The first-order chi connectivity index (χ1) is 9.76. The molecule has 1 aliphatic heterocycles. The quantitative estimate of drug-likeness (QED) is 0.859. The number of hydrogen-bond acceptors (Lipinski definition) is 3. The van der Waals surface area contributed by atoms with Gasteiger partial charge in [0.15, 0.2) is 0 Å². The van der Waals surface area contributed by atoms with E-state index in [1.165, 1.54) is 31.4 Å². The molecule has 1 fully saturated rings. The molecule has 0 radical (unpaired) electrons. The molecule has 1 aromatic rings. The van der Waals surface area contributed by atoms with E-state index in [2.05, 4.69) is 0 Å². The topological polar surface area (TPSA) is 46.6 Å². The van der Waals surface area contributed by atoms with Gasteiger partial charge in [0.25, 0.3) is 0 Å². The Hall–Kier alpha value is -1.28. The SMILES string of the molecule is COc1ccc(S(=O)(=O)N2CCCCC2C(F)(F)F)cc1. The number of benzene rings is 1. The minimum atomic E-state index is -4.56. The maximum atomic E-state index is 13.0. The second kappa shape index (κ2) is 5.84. The Morgan fingerprint density at radius 3 is 2.33 bits per heavy atom. The number of methoxy groups -OCH3 is 1. The Labute approximate surface area is 121 Å². The Balaban J connectivity index is 2.35. The molecule has 0 aliphatic carbocycles. The molecule has 4 nitrogen and oxygen atoms in total.